The molecule has 6 heteroatoms. The Balaban J connectivity index is 1.48. The van der Waals surface area contributed by atoms with Crippen molar-refractivity contribution in [2.45, 2.75) is 30.8 Å². The Morgan fingerprint density at radius 2 is 1.63 bits per heavy atom. The molecule has 1 atom stereocenters. The molecular formula is C24H23NO4S. The van der Waals surface area contributed by atoms with E-state index in [9.17, 15) is 14.4 Å². The molecule has 1 N–H and O–H groups in total. The lowest BCUT2D eigenvalue weighted by molar-refractivity contribution is -0.153. The number of amides is 1. The number of carbonyl (C=O) groups is 3. The first-order valence-electron chi connectivity index (χ1n) is 9.62. The predicted octanol–water partition coefficient (Wildman–Crippen LogP) is 5.10. The number of esters is 1. The number of thioether (sulfide) groups is 1. The molecule has 0 unspecified atom stereocenters. The van der Waals surface area contributed by atoms with Crippen molar-refractivity contribution < 1.29 is 19.1 Å². The number of Topliss-reactive ketones (excluding diaryl/α,β-unsaturated/α-hetero) is 1. The van der Waals surface area contributed by atoms with Gasteiger partial charge < -0.3 is 10.1 Å². The van der Waals surface area contributed by atoms with Crippen molar-refractivity contribution >= 4 is 45.9 Å². The Labute approximate surface area is 179 Å². The first-order chi connectivity index (χ1) is 14.5. The summed E-state index contributed by atoms with van der Waals surface area (Å²) in [5.74, 6) is -1.13. The molecule has 3 rings (SSSR count). The molecule has 30 heavy (non-hydrogen) atoms. The Morgan fingerprint density at radius 3 is 2.33 bits per heavy atom. The van der Waals surface area contributed by atoms with Crippen LogP contribution >= 0.6 is 11.8 Å². The van der Waals surface area contributed by atoms with E-state index in [4.69, 9.17) is 4.74 Å². The average molecular weight is 422 g/mol. The highest BCUT2D eigenvalue weighted by atomic mass is 32.2. The molecule has 0 saturated heterocycles. The van der Waals surface area contributed by atoms with E-state index in [0.29, 0.717) is 11.3 Å². The number of benzene rings is 3. The van der Waals surface area contributed by atoms with Gasteiger partial charge in [0.15, 0.2) is 11.9 Å². The molecular weight excluding hydrogens is 398 g/mol. The van der Waals surface area contributed by atoms with Crippen molar-refractivity contribution in [2.75, 3.05) is 11.6 Å². The number of ether oxygens (including phenoxy) is 1. The maximum Gasteiger partial charge on any atom is 0.307 e. The number of carbonyl (C=O) groups excluding carboxylic acids is 3. The number of hydrogen-bond donors (Lipinski definition) is 1. The zero-order valence-electron chi connectivity index (χ0n) is 16.9. The van der Waals surface area contributed by atoms with Crippen LogP contribution in [0, 0.1) is 0 Å². The van der Waals surface area contributed by atoms with Gasteiger partial charge in [0.1, 0.15) is 0 Å². The molecule has 0 aliphatic rings. The van der Waals surface area contributed by atoms with Crippen LogP contribution in [-0.4, -0.2) is 30.0 Å². The van der Waals surface area contributed by atoms with Crippen LogP contribution in [0.25, 0.3) is 10.8 Å². The van der Waals surface area contributed by atoms with Gasteiger partial charge in [0.25, 0.3) is 5.91 Å². The molecule has 0 bridgehead atoms. The molecule has 0 fully saturated rings. The minimum Gasteiger partial charge on any atom is -0.453 e. The monoisotopic (exact) mass is 421 g/mol. The van der Waals surface area contributed by atoms with Crippen LogP contribution < -0.4 is 5.32 Å². The van der Waals surface area contributed by atoms with E-state index in [1.165, 1.54) is 6.92 Å². The van der Waals surface area contributed by atoms with Crippen molar-refractivity contribution in [1.82, 2.24) is 0 Å². The molecule has 0 aliphatic carbocycles. The Bertz CT molecular complexity index is 1060. The fraction of sp³-hybridized carbons (Fsp3) is 0.208. The maximum atomic E-state index is 12.3. The Morgan fingerprint density at radius 1 is 0.933 bits per heavy atom. The zero-order valence-corrected chi connectivity index (χ0v) is 17.7. The Kier molecular flexibility index (Phi) is 7.25. The summed E-state index contributed by atoms with van der Waals surface area (Å²) in [6.07, 6.45) is 0.969. The third-order valence-corrected chi connectivity index (χ3v) is 5.41. The molecule has 0 aliphatic heterocycles. The number of anilines is 1. The normalized spacial score (nSPS) is 11.7. The lowest BCUT2D eigenvalue weighted by Gasteiger charge is -2.14. The summed E-state index contributed by atoms with van der Waals surface area (Å²) in [7, 11) is 0. The minimum atomic E-state index is -0.958. The molecule has 0 radical (unpaired) electrons. The van der Waals surface area contributed by atoms with Gasteiger partial charge in [-0.1, -0.05) is 42.5 Å². The van der Waals surface area contributed by atoms with Gasteiger partial charge in [0.2, 0.25) is 0 Å². The van der Waals surface area contributed by atoms with Crippen LogP contribution in [0.5, 0.6) is 0 Å². The SMILES string of the molecule is CSc1ccc(C(=O)CCC(=O)O[C@H](C)C(=O)Nc2ccc3ccccc3c2)cc1. The number of nitrogens with one attached hydrogen (secondary N) is 1. The molecule has 1 amide bonds. The molecule has 0 saturated carbocycles. The van der Waals surface area contributed by atoms with Crippen molar-refractivity contribution in [1.29, 1.82) is 0 Å². The van der Waals surface area contributed by atoms with Crippen LogP contribution in [0.15, 0.2) is 71.6 Å². The summed E-state index contributed by atoms with van der Waals surface area (Å²) in [6.45, 7) is 1.51. The van der Waals surface area contributed by atoms with E-state index >= 15 is 0 Å². The van der Waals surface area contributed by atoms with E-state index in [1.54, 1.807) is 30.0 Å². The zero-order chi connectivity index (χ0) is 21.5. The lowest BCUT2D eigenvalue weighted by Crippen LogP contribution is -2.30. The number of ketones is 1. The van der Waals surface area contributed by atoms with Crippen LogP contribution in [0.2, 0.25) is 0 Å². The van der Waals surface area contributed by atoms with Crippen LogP contribution in [0.3, 0.4) is 0 Å². The second-order valence-corrected chi connectivity index (χ2v) is 7.71. The lowest BCUT2D eigenvalue weighted by atomic mass is 10.1. The van der Waals surface area contributed by atoms with Gasteiger partial charge in [0.05, 0.1) is 6.42 Å². The van der Waals surface area contributed by atoms with Crippen molar-refractivity contribution in [3.63, 3.8) is 0 Å². The van der Waals surface area contributed by atoms with Crippen LogP contribution in [-0.2, 0) is 14.3 Å². The van der Waals surface area contributed by atoms with Gasteiger partial charge in [-0.3, -0.25) is 14.4 Å². The molecule has 0 heterocycles. The van der Waals surface area contributed by atoms with Gasteiger partial charge >= 0.3 is 5.97 Å². The van der Waals surface area contributed by atoms with Crippen LogP contribution in [0.4, 0.5) is 5.69 Å². The predicted molar refractivity (Wildman–Crippen MR) is 120 cm³/mol. The Hall–Kier alpha value is -3.12. The highest BCUT2D eigenvalue weighted by Crippen LogP contribution is 2.19. The summed E-state index contributed by atoms with van der Waals surface area (Å²) < 4.78 is 5.19. The molecule has 3 aromatic rings. The van der Waals surface area contributed by atoms with E-state index in [2.05, 4.69) is 5.32 Å². The summed E-state index contributed by atoms with van der Waals surface area (Å²) in [5.41, 5.74) is 1.19. The smallest absolute Gasteiger partial charge is 0.307 e. The molecule has 0 aromatic heterocycles. The topological polar surface area (TPSA) is 72.5 Å². The maximum absolute atomic E-state index is 12.3. The summed E-state index contributed by atoms with van der Waals surface area (Å²) in [6, 6.07) is 20.6. The third-order valence-electron chi connectivity index (χ3n) is 4.66. The third kappa shape index (κ3) is 5.70. The summed E-state index contributed by atoms with van der Waals surface area (Å²) >= 11 is 1.59. The van der Waals surface area contributed by atoms with Gasteiger partial charge in [0, 0.05) is 22.6 Å². The minimum absolute atomic E-state index is 0.0382. The fourth-order valence-electron chi connectivity index (χ4n) is 2.96. The number of hydrogen-bond acceptors (Lipinski definition) is 5. The summed E-state index contributed by atoms with van der Waals surface area (Å²) in [5, 5.41) is 4.83. The van der Waals surface area contributed by atoms with Gasteiger partial charge in [-0.2, -0.15) is 0 Å². The number of rotatable bonds is 8. The highest BCUT2D eigenvalue weighted by Gasteiger charge is 2.19. The fourth-order valence-corrected chi connectivity index (χ4v) is 3.37. The van der Waals surface area contributed by atoms with Crippen molar-refractivity contribution in [3.05, 3.63) is 72.3 Å². The second-order valence-electron chi connectivity index (χ2n) is 6.83. The van der Waals surface area contributed by atoms with Crippen molar-refractivity contribution in [2.24, 2.45) is 0 Å². The van der Waals surface area contributed by atoms with E-state index in [-0.39, 0.29) is 18.6 Å². The van der Waals surface area contributed by atoms with Gasteiger partial charge in [-0.15, -0.1) is 11.8 Å². The van der Waals surface area contributed by atoms with E-state index in [1.807, 2.05) is 54.8 Å². The van der Waals surface area contributed by atoms with Crippen molar-refractivity contribution in [3.8, 4) is 0 Å². The first kappa shape index (κ1) is 21.6. The molecule has 3 aromatic carbocycles. The molecule has 154 valence electrons. The van der Waals surface area contributed by atoms with Crippen LogP contribution in [0.1, 0.15) is 30.1 Å². The molecule has 5 nitrogen and oxygen atoms in total. The number of fused-ring (bicyclic) bond motifs is 1. The first-order valence-corrected chi connectivity index (χ1v) is 10.8. The quantitative estimate of drug-likeness (QED) is 0.311. The van der Waals surface area contributed by atoms with Gasteiger partial charge in [-0.25, -0.2) is 0 Å². The highest BCUT2D eigenvalue weighted by molar-refractivity contribution is 7.98. The van der Waals surface area contributed by atoms with Gasteiger partial charge in [-0.05, 0) is 48.2 Å². The average Bonchev–Trinajstić information content (AvgIpc) is 2.77. The second kappa shape index (κ2) is 10.1. The summed E-state index contributed by atoms with van der Waals surface area (Å²) in [4.78, 5) is 37.7. The largest absolute Gasteiger partial charge is 0.453 e. The molecule has 0 spiro atoms. The van der Waals surface area contributed by atoms with E-state index in [0.717, 1.165) is 15.7 Å². The standard InChI is InChI=1S/C24H23NO4S/c1-16(24(28)25-20-10-7-17-5-3-4-6-19(17)15-20)29-23(27)14-13-22(26)18-8-11-21(30-2)12-9-18/h3-12,15-16H,13-14H2,1-2H3,(H,25,28)/t16-/m1/s1. The van der Waals surface area contributed by atoms with E-state index < -0.39 is 18.0 Å².